The molecule has 1 saturated heterocycles. The quantitative estimate of drug-likeness (QED) is 0.900. The maximum Gasteiger partial charge on any atom is 0.247 e. The Morgan fingerprint density at radius 3 is 2.50 bits per heavy atom. The van der Waals surface area contributed by atoms with Crippen LogP contribution in [0.25, 0.3) is 0 Å². The lowest BCUT2D eigenvalue weighted by atomic mass is 10.00. The summed E-state index contributed by atoms with van der Waals surface area (Å²) in [6.07, 6.45) is 2.75. The van der Waals surface area contributed by atoms with Crippen molar-refractivity contribution in [3.63, 3.8) is 0 Å². The van der Waals surface area contributed by atoms with Crippen molar-refractivity contribution in [2.45, 2.75) is 57.0 Å². The van der Waals surface area contributed by atoms with E-state index in [2.05, 4.69) is 5.10 Å². The number of nitrogens with two attached hydrogens (primary N) is 1. The highest BCUT2D eigenvalue weighted by Crippen LogP contribution is 2.29. The standard InChI is InChI=1S/C13H24N4O2S/c1-9(14)12-7-5-6-8-17(12)20(18,19)13-10(2)15-16(4)11(13)3/h9,12H,5-8,14H2,1-4H3. The van der Waals surface area contributed by atoms with Crippen molar-refractivity contribution in [3.05, 3.63) is 11.4 Å². The molecule has 0 aliphatic carbocycles. The summed E-state index contributed by atoms with van der Waals surface area (Å²) < 4.78 is 29.1. The van der Waals surface area contributed by atoms with Crippen molar-refractivity contribution in [2.75, 3.05) is 6.54 Å². The fraction of sp³-hybridized carbons (Fsp3) is 0.769. The van der Waals surface area contributed by atoms with Gasteiger partial charge in [-0.25, -0.2) is 8.42 Å². The van der Waals surface area contributed by atoms with Gasteiger partial charge in [0.1, 0.15) is 4.90 Å². The molecule has 0 spiro atoms. The van der Waals surface area contributed by atoms with Crippen LogP contribution in [-0.2, 0) is 17.1 Å². The predicted octanol–water partition coefficient (Wildman–Crippen LogP) is 0.927. The Kier molecular flexibility index (Phi) is 4.22. The second kappa shape index (κ2) is 5.46. The molecule has 2 rings (SSSR count). The molecule has 6 nitrogen and oxygen atoms in total. The lowest BCUT2D eigenvalue weighted by Gasteiger charge is -2.36. The van der Waals surface area contributed by atoms with E-state index >= 15 is 0 Å². The third-order valence-corrected chi connectivity index (χ3v) is 6.29. The third kappa shape index (κ3) is 2.49. The molecule has 1 aromatic heterocycles. The molecule has 2 unspecified atom stereocenters. The van der Waals surface area contributed by atoms with Crippen LogP contribution in [0.15, 0.2) is 4.90 Å². The fourth-order valence-corrected chi connectivity index (χ4v) is 5.18. The van der Waals surface area contributed by atoms with Gasteiger partial charge in [0, 0.05) is 25.7 Å². The van der Waals surface area contributed by atoms with Crippen molar-refractivity contribution in [3.8, 4) is 0 Å². The topological polar surface area (TPSA) is 81.2 Å². The minimum atomic E-state index is -3.53. The minimum absolute atomic E-state index is 0.118. The first kappa shape index (κ1) is 15.5. The first-order valence-electron chi connectivity index (χ1n) is 7.04. The van der Waals surface area contributed by atoms with E-state index in [4.69, 9.17) is 5.73 Å². The van der Waals surface area contributed by atoms with Crippen LogP contribution in [0, 0.1) is 13.8 Å². The van der Waals surface area contributed by atoms with Crippen molar-refractivity contribution < 1.29 is 8.42 Å². The zero-order valence-corrected chi connectivity index (χ0v) is 13.4. The van der Waals surface area contributed by atoms with Gasteiger partial charge in [0.2, 0.25) is 10.0 Å². The molecule has 0 radical (unpaired) electrons. The Morgan fingerprint density at radius 1 is 1.35 bits per heavy atom. The van der Waals surface area contributed by atoms with Gasteiger partial charge in [-0.1, -0.05) is 6.42 Å². The predicted molar refractivity (Wildman–Crippen MR) is 77.9 cm³/mol. The summed E-state index contributed by atoms with van der Waals surface area (Å²) in [6, 6.07) is -0.282. The van der Waals surface area contributed by atoms with Crippen LogP contribution in [0.1, 0.15) is 37.6 Å². The van der Waals surface area contributed by atoms with Crippen molar-refractivity contribution in [2.24, 2.45) is 12.8 Å². The molecule has 2 N–H and O–H groups in total. The molecule has 0 bridgehead atoms. The number of aryl methyl sites for hydroxylation is 2. The zero-order chi connectivity index (χ0) is 15.1. The summed E-state index contributed by atoms with van der Waals surface area (Å²) in [4.78, 5) is 0.340. The van der Waals surface area contributed by atoms with Gasteiger partial charge in [-0.15, -0.1) is 0 Å². The van der Waals surface area contributed by atoms with E-state index in [0.717, 1.165) is 19.3 Å². The molecule has 1 aliphatic rings. The zero-order valence-electron chi connectivity index (χ0n) is 12.6. The highest BCUT2D eigenvalue weighted by molar-refractivity contribution is 7.89. The molecule has 2 heterocycles. The van der Waals surface area contributed by atoms with Crippen molar-refractivity contribution in [1.82, 2.24) is 14.1 Å². The Morgan fingerprint density at radius 2 is 2.00 bits per heavy atom. The second-order valence-corrected chi connectivity index (χ2v) is 7.49. The molecule has 1 fully saturated rings. The Hall–Kier alpha value is -0.920. The molecule has 1 aromatic rings. The van der Waals surface area contributed by atoms with Gasteiger partial charge in [0.15, 0.2) is 0 Å². The van der Waals surface area contributed by atoms with E-state index in [1.54, 1.807) is 29.9 Å². The molecule has 0 aromatic carbocycles. The van der Waals surface area contributed by atoms with E-state index in [9.17, 15) is 8.42 Å². The third-order valence-electron chi connectivity index (χ3n) is 4.11. The number of hydrogen-bond donors (Lipinski definition) is 1. The molecule has 114 valence electrons. The lowest BCUT2D eigenvalue weighted by molar-refractivity contribution is 0.227. The summed E-state index contributed by atoms with van der Waals surface area (Å²) in [7, 11) is -1.76. The number of aromatic nitrogens is 2. The Bertz CT molecular complexity index is 592. The van der Waals surface area contributed by atoms with Gasteiger partial charge in [-0.3, -0.25) is 4.68 Å². The van der Waals surface area contributed by atoms with Gasteiger partial charge in [-0.05, 0) is 33.6 Å². The first-order valence-corrected chi connectivity index (χ1v) is 8.48. The molecule has 1 aliphatic heterocycles. The molecular formula is C13H24N4O2S. The summed E-state index contributed by atoms with van der Waals surface area (Å²) in [5.74, 6) is 0. The number of piperidine rings is 1. The maximum absolute atomic E-state index is 13.0. The first-order chi connectivity index (χ1) is 9.26. The summed E-state index contributed by atoms with van der Waals surface area (Å²) in [6.45, 7) is 5.95. The molecular weight excluding hydrogens is 276 g/mol. The minimum Gasteiger partial charge on any atom is -0.326 e. The van der Waals surface area contributed by atoms with E-state index in [-0.39, 0.29) is 12.1 Å². The van der Waals surface area contributed by atoms with Gasteiger partial charge in [0.25, 0.3) is 0 Å². The highest BCUT2D eigenvalue weighted by atomic mass is 32.2. The van der Waals surface area contributed by atoms with Crippen LogP contribution in [0.4, 0.5) is 0 Å². The Labute approximate surface area is 121 Å². The normalized spacial score (nSPS) is 22.9. The molecule has 20 heavy (non-hydrogen) atoms. The van der Waals surface area contributed by atoms with Crippen LogP contribution in [0.5, 0.6) is 0 Å². The average molecular weight is 300 g/mol. The van der Waals surface area contributed by atoms with Crippen LogP contribution in [0.2, 0.25) is 0 Å². The SMILES string of the molecule is Cc1nn(C)c(C)c1S(=O)(=O)N1CCCCC1C(C)N. The monoisotopic (exact) mass is 300 g/mol. The summed E-state index contributed by atoms with van der Waals surface area (Å²) >= 11 is 0. The summed E-state index contributed by atoms with van der Waals surface area (Å²) in [5, 5.41) is 4.22. The van der Waals surface area contributed by atoms with Crippen LogP contribution < -0.4 is 5.73 Å². The smallest absolute Gasteiger partial charge is 0.247 e. The average Bonchev–Trinajstić information content (AvgIpc) is 2.63. The van der Waals surface area contributed by atoms with Gasteiger partial charge in [-0.2, -0.15) is 9.40 Å². The van der Waals surface area contributed by atoms with Crippen LogP contribution in [-0.4, -0.2) is 41.1 Å². The largest absolute Gasteiger partial charge is 0.326 e. The number of hydrogen-bond acceptors (Lipinski definition) is 4. The Balaban J connectivity index is 2.48. The van der Waals surface area contributed by atoms with E-state index in [0.29, 0.717) is 22.8 Å². The lowest BCUT2D eigenvalue weighted by Crippen LogP contribution is -2.51. The molecule has 7 heteroatoms. The number of nitrogens with zero attached hydrogens (tertiary/aromatic N) is 3. The number of rotatable bonds is 3. The summed E-state index contributed by atoms with van der Waals surface area (Å²) in [5.41, 5.74) is 7.22. The second-order valence-electron chi connectivity index (χ2n) is 5.66. The van der Waals surface area contributed by atoms with Gasteiger partial charge >= 0.3 is 0 Å². The maximum atomic E-state index is 13.0. The van der Waals surface area contributed by atoms with Crippen LogP contribution in [0.3, 0.4) is 0 Å². The highest BCUT2D eigenvalue weighted by Gasteiger charge is 2.38. The van der Waals surface area contributed by atoms with Crippen molar-refractivity contribution >= 4 is 10.0 Å². The molecule has 2 atom stereocenters. The van der Waals surface area contributed by atoms with Gasteiger partial charge < -0.3 is 5.73 Å². The molecule has 0 amide bonds. The molecule has 0 saturated carbocycles. The van der Waals surface area contributed by atoms with Crippen molar-refractivity contribution in [1.29, 1.82) is 0 Å². The van der Waals surface area contributed by atoms with E-state index in [1.165, 1.54) is 0 Å². The van der Waals surface area contributed by atoms with E-state index in [1.807, 2.05) is 6.92 Å². The van der Waals surface area contributed by atoms with Crippen LogP contribution >= 0.6 is 0 Å². The van der Waals surface area contributed by atoms with Gasteiger partial charge in [0.05, 0.1) is 11.4 Å². The van der Waals surface area contributed by atoms with E-state index < -0.39 is 10.0 Å². The fourth-order valence-electron chi connectivity index (χ4n) is 3.00. The number of sulfonamides is 1.